The number of methoxy groups -OCH3 is 1. The Morgan fingerprint density at radius 1 is 0.933 bits per heavy atom. The SMILES string of the molecule is COc1ccc(-n2nnnc2Sc2nc(-c3cccnc3)nc3ccccc23)cc1. The number of para-hydroxylation sites is 1. The summed E-state index contributed by atoms with van der Waals surface area (Å²) in [5, 5.41) is 14.5. The molecule has 0 amide bonds. The Hall–Kier alpha value is -3.85. The van der Waals surface area contributed by atoms with Crippen LogP contribution in [0.25, 0.3) is 28.0 Å². The highest BCUT2D eigenvalue weighted by atomic mass is 32.2. The lowest BCUT2D eigenvalue weighted by Gasteiger charge is -2.09. The molecular formula is C21H15N7OS. The van der Waals surface area contributed by atoms with Crippen molar-refractivity contribution in [2.45, 2.75) is 10.2 Å². The molecule has 0 spiro atoms. The lowest BCUT2D eigenvalue weighted by atomic mass is 10.2. The van der Waals surface area contributed by atoms with Crippen LogP contribution >= 0.6 is 11.8 Å². The van der Waals surface area contributed by atoms with Gasteiger partial charge in [0.25, 0.3) is 0 Å². The Morgan fingerprint density at radius 2 is 1.80 bits per heavy atom. The van der Waals surface area contributed by atoms with Crippen molar-refractivity contribution in [2.24, 2.45) is 0 Å². The number of hydrogen-bond acceptors (Lipinski definition) is 8. The third kappa shape index (κ3) is 3.46. The lowest BCUT2D eigenvalue weighted by Crippen LogP contribution is -2.00. The third-order valence-corrected chi connectivity index (χ3v) is 5.38. The topological polar surface area (TPSA) is 91.5 Å². The quantitative estimate of drug-likeness (QED) is 0.402. The molecular weight excluding hydrogens is 398 g/mol. The van der Waals surface area contributed by atoms with Crippen LogP contribution in [-0.4, -0.2) is 42.3 Å². The molecule has 0 unspecified atom stereocenters. The van der Waals surface area contributed by atoms with Gasteiger partial charge in [0.2, 0.25) is 5.16 Å². The normalized spacial score (nSPS) is 11.0. The minimum atomic E-state index is 0.598. The monoisotopic (exact) mass is 413 g/mol. The second-order valence-electron chi connectivity index (χ2n) is 6.28. The minimum Gasteiger partial charge on any atom is -0.497 e. The standard InChI is InChI=1S/C21H15N7OS/c1-29-16-10-8-15(9-11-16)28-21(25-26-27-28)30-20-17-6-2-3-7-18(17)23-19(24-20)14-5-4-12-22-13-14/h2-13H,1H3. The molecule has 0 bridgehead atoms. The van der Waals surface area contributed by atoms with Crippen LogP contribution in [0.2, 0.25) is 0 Å². The summed E-state index contributed by atoms with van der Waals surface area (Å²) >= 11 is 1.39. The molecule has 0 N–H and O–H groups in total. The molecule has 0 saturated carbocycles. The Balaban J connectivity index is 1.58. The molecule has 0 fully saturated rings. The maximum atomic E-state index is 5.23. The molecule has 0 aliphatic heterocycles. The van der Waals surface area contributed by atoms with Gasteiger partial charge in [-0.05, 0) is 64.7 Å². The van der Waals surface area contributed by atoms with Gasteiger partial charge in [0.15, 0.2) is 5.82 Å². The van der Waals surface area contributed by atoms with Crippen molar-refractivity contribution in [1.29, 1.82) is 0 Å². The van der Waals surface area contributed by atoms with Crippen molar-refractivity contribution >= 4 is 22.7 Å². The van der Waals surface area contributed by atoms with E-state index in [1.54, 1.807) is 24.2 Å². The highest BCUT2D eigenvalue weighted by molar-refractivity contribution is 7.99. The first-order chi connectivity index (χ1) is 14.8. The molecule has 5 aromatic rings. The number of tetrazole rings is 1. The minimum absolute atomic E-state index is 0.598. The van der Waals surface area contributed by atoms with E-state index in [-0.39, 0.29) is 0 Å². The first-order valence-electron chi connectivity index (χ1n) is 9.10. The second kappa shape index (κ2) is 7.88. The van der Waals surface area contributed by atoms with Crippen LogP contribution in [0.1, 0.15) is 0 Å². The zero-order valence-corrected chi connectivity index (χ0v) is 16.7. The molecule has 5 rings (SSSR count). The number of fused-ring (bicyclic) bond motifs is 1. The van der Waals surface area contributed by atoms with Gasteiger partial charge in [0, 0.05) is 23.3 Å². The summed E-state index contributed by atoms with van der Waals surface area (Å²) in [6.45, 7) is 0. The van der Waals surface area contributed by atoms with Crippen LogP contribution in [0.15, 0.2) is 83.2 Å². The fraction of sp³-hybridized carbons (Fsp3) is 0.0476. The Kier molecular flexibility index (Phi) is 4.78. The summed E-state index contributed by atoms with van der Waals surface area (Å²) in [6.07, 6.45) is 3.48. The molecule has 3 aromatic heterocycles. The van der Waals surface area contributed by atoms with Gasteiger partial charge in [0.05, 0.1) is 18.3 Å². The second-order valence-corrected chi connectivity index (χ2v) is 7.24. The largest absolute Gasteiger partial charge is 0.497 e. The molecule has 0 saturated heterocycles. The molecule has 0 aliphatic rings. The summed E-state index contributed by atoms with van der Waals surface area (Å²) in [4.78, 5) is 13.7. The molecule has 0 atom stereocenters. The van der Waals surface area contributed by atoms with Gasteiger partial charge >= 0.3 is 0 Å². The van der Waals surface area contributed by atoms with E-state index in [1.165, 1.54) is 11.8 Å². The zero-order chi connectivity index (χ0) is 20.3. The predicted molar refractivity (Wildman–Crippen MR) is 113 cm³/mol. The summed E-state index contributed by atoms with van der Waals surface area (Å²) in [5.41, 5.74) is 2.52. The highest BCUT2D eigenvalue weighted by Gasteiger charge is 2.16. The van der Waals surface area contributed by atoms with E-state index < -0.39 is 0 Å². The Bertz CT molecular complexity index is 1310. The summed E-state index contributed by atoms with van der Waals surface area (Å²) in [5.74, 6) is 1.37. The number of rotatable bonds is 5. The molecule has 0 aliphatic carbocycles. The van der Waals surface area contributed by atoms with Gasteiger partial charge in [-0.1, -0.05) is 18.2 Å². The van der Waals surface area contributed by atoms with Crippen molar-refractivity contribution in [3.63, 3.8) is 0 Å². The summed E-state index contributed by atoms with van der Waals surface area (Å²) in [7, 11) is 1.63. The molecule has 146 valence electrons. The number of nitrogens with zero attached hydrogens (tertiary/aromatic N) is 7. The van der Waals surface area contributed by atoms with Crippen LogP contribution in [0.5, 0.6) is 5.75 Å². The Labute approximate surface area is 176 Å². The maximum Gasteiger partial charge on any atom is 0.220 e. The highest BCUT2D eigenvalue weighted by Crippen LogP contribution is 2.32. The third-order valence-electron chi connectivity index (χ3n) is 4.43. The van der Waals surface area contributed by atoms with Gasteiger partial charge < -0.3 is 4.74 Å². The number of pyridine rings is 1. The van der Waals surface area contributed by atoms with E-state index in [1.807, 2.05) is 60.7 Å². The average molecular weight is 413 g/mol. The molecule has 2 aromatic carbocycles. The van der Waals surface area contributed by atoms with Crippen molar-refractivity contribution < 1.29 is 4.74 Å². The van der Waals surface area contributed by atoms with Crippen molar-refractivity contribution in [1.82, 2.24) is 35.2 Å². The van der Waals surface area contributed by atoms with Gasteiger partial charge in [-0.2, -0.15) is 4.68 Å². The van der Waals surface area contributed by atoms with Gasteiger partial charge in [-0.3, -0.25) is 4.98 Å². The lowest BCUT2D eigenvalue weighted by molar-refractivity contribution is 0.414. The molecule has 3 heterocycles. The molecule has 8 nitrogen and oxygen atoms in total. The fourth-order valence-electron chi connectivity index (χ4n) is 2.96. The Morgan fingerprint density at radius 3 is 2.60 bits per heavy atom. The van der Waals surface area contributed by atoms with E-state index in [9.17, 15) is 0 Å². The van der Waals surface area contributed by atoms with Crippen molar-refractivity contribution in [2.75, 3.05) is 7.11 Å². The first kappa shape index (κ1) is 18.2. The average Bonchev–Trinajstić information content (AvgIpc) is 3.28. The summed E-state index contributed by atoms with van der Waals surface area (Å²) < 4.78 is 6.90. The van der Waals surface area contributed by atoms with E-state index in [2.05, 4.69) is 20.5 Å². The number of aromatic nitrogens is 7. The zero-order valence-electron chi connectivity index (χ0n) is 15.9. The summed E-state index contributed by atoms with van der Waals surface area (Å²) in [6, 6.07) is 19.2. The number of hydrogen-bond donors (Lipinski definition) is 0. The fourth-order valence-corrected chi connectivity index (χ4v) is 3.86. The van der Waals surface area contributed by atoms with E-state index in [4.69, 9.17) is 14.7 Å². The molecule has 9 heteroatoms. The molecule has 0 radical (unpaired) electrons. The van der Waals surface area contributed by atoms with Crippen molar-refractivity contribution in [3.05, 3.63) is 73.1 Å². The van der Waals surface area contributed by atoms with E-state index in [0.717, 1.165) is 32.9 Å². The van der Waals surface area contributed by atoms with Gasteiger partial charge in [-0.25, -0.2) is 9.97 Å². The number of ether oxygens (including phenoxy) is 1. The van der Waals surface area contributed by atoms with Crippen molar-refractivity contribution in [3.8, 4) is 22.8 Å². The van der Waals surface area contributed by atoms with Crippen LogP contribution in [0.4, 0.5) is 0 Å². The van der Waals surface area contributed by atoms with Gasteiger partial charge in [-0.15, -0.1) is 5.10 Å². The van der Waals surface area contributed by atoms with Crippen LogP contribution in [-0.2, 0) is 0 Å². The van der Waals surface area contributed by atoms with Crippen LogP contribution in [0, 0.1) is 0 Å². The van der Waals surface area contributed by atoms with E-state index in [0.29, 0.717) is 11.0 Å². The first-order valence-corrected chi connectivity index (χ1v) is 9.91. The maximum absolute atomic E-state index is 5.23. The van der Waals surface area contributed by atoms with E-state index >= 15 is 0 Å². The smallest absolute Gasteiger partial charge is 0.220 e. The van der Waals surface area contributed by atoms with Gasteiger partial charge in [0.1, 0.15) is 10.8 Å². The number of benzene rings is 2. The molecule has 30 heavy (non-hydrogen) atoms. The van der Waals surface area contributed by atoms with Crippen LogP contribution in [0.3, 0.4) is 0 Å². The predicted octanol–water partition coefficient (Wildman–Crippen LogP) is 3.83. The van der Waals surface area contributed by atoms with Crippen LogP contribution < -0.4 is 4.74 Å².